The molecule has 1 N–H and O–H groups in total. The maximum absolute atomic E-state index is 12.2. The van der Waals surface area contributed by atoms with Crippen LogP contribution in [0.2, 0.25) is 0 Å². The van der Waals surface area contributed by atoms with Crippen LogP contribution in [0.5, 0.6) is 0 Å². The Hall–Kier alpha value is -1.15. The zero-order valence-corrected chi connectivity index (χ0v) is 14.0. The Morgan fingerprint density at radius 1 is 1.18 bits per heavy atom. The van der Waals surface area contributed by atoms with Crippen LogP contribution in [0.15, 0.2) is 4.79 Å². The molecule has 0 aliphatic heterocycles. The van der Waals surface area contributed by atoms with Crippen molar-refractivity contribution in [1.29, 1.82) is 0 Å². The van der Waals surface area contributed by atoms with Gasteiger partial charge < -0.3 is 0 Å². The van der Waals surface area contributed by atoms with Crippen LogP contribution in [-0.2, 0) is 30.5 Å². The van der Waals surface area contributed by atoms with Crippen LogP contribution >= 0.6 is 0 Å². The fourth-order valence-corrected chi connectivity index (χ4v) is 5.00. The van der Waals surface area contributed by atoms with Crippen LogP contribution in [0.1, 0.15) is 44.3 Å². The van der Waals surface area contributed by atoms with Gasteiger partial charge in [-0.15, -0.1) is 0 Å². The number of hydrogen-bond donors (Lipinski definition) is 1. The van der Waals surface area contributed by atoms with Crippen molar-refractivity contribution in [2.24, 2.45) is 20.0 Å². The zero-order valence-electron chi connectivity index (χ0n) is 13.2. The van der Waals surface area contributed by atoms with E-state index in [1.165, 1.54) is 4.68 Å². The molecule has 1 aromatic rings. The summed E-state index contributed by atoms with van der Waals surface area (Å²) in [6.07, 6.45) is 6.20. The third-order valence-corrected chi connectivity index (χ3v) is 6.83. The summed E-state index contributed by atoms with van der Waals surface area (Å²) in [7, 11) is 0.189. The van der Waals surface area contributed by atoms with Crippen molar-refractivity contribution in [2.75, 3.05) is 0 Å². The van der Waals surface area contributed by atoms with Crippen molar-refractivity contribution < 1.29 is 8.42 Å². The van der Waals surface area contributed by atoms with E-state index in [4.69, 9.17) is 0 Å². The highest BCUT2D eigenvalue weighted by Crippen LogP contribution is 2.31. The van der Waals surface area contributed by atoms with Gasteiger partial charge in [0.2, 0.25) is 10.0 Å². The van der Waals surface area contributed by atoms with Gasteiger partial charge in [-0.3, -0.25) is 4.57 Å². The van der Waals surface area contributed by atoms with Crippen LogP contribution in [0.4, 0.5) is 0 Å². The van der Waals surface area contributed by atoms with Gasteiger partial charge in [-0.05, 0) is 31.6 Å². The Morgan fingerprint density at radius 3 is 2.45 bits per heavy atom. The van der Waals surface area contributed by atoms with Crippen molar-refractivity contribution in [3.05, 3.63) is 16.3 Å². The molecule has 3 rings (SSSR count). The molecule has 0 unspecified atom stereocenters. The molecule has 0 bridgehead atoms. The molecule has 0 radical (unpaired) electrons. The maximum Gasteiger partial charge on any atom is 0.345 e. The molecule has 0 aromatic carbocycles. The number of nitrogens with zero attached hydrogens (tertiary/aromatic N) is 3. The van der Waals surface area contributed by atoms with Gasteiger partial charge in [-0.25, -0.2) is 22.6 Å². The van der Waals surface area contributed by atoms with E-state index in [-0.39, 0.29) is 22.9 Å². The highest BCUT2D eigenvalue weighted by atomic mass is 32.2. The van der Waals surface area contributed by atoms with Gasteiger partial charge in [-0.2, -0.15) is 5.10 Å². The minimum absolute atomic E-state index is 0.0311. The topological polar surface area (TPSA) is 86.0 Å². The second-order valence-electron chi connectivity index (χ2n) is 6.60. The molecule has 1 aromatic heterocycles. The van der Waals surface area contributed by atoms with E-state index in [2.05, 4.69) is 9.82 Å². The van der Waals surface area contributed by atoms with E-state index in [1.54, 1.807) is 18.7 Å². The highest BCUT2D eigenvalue weighted by Gasteiger charge is 2.39. The normalized spacial score (nSPS) is 26.3. The summed E-state index contributed by atoms with van der Waals surface area (Å²) in [5, 5.41) is 4.09. The molecular formula is C14H24N4O3S. The van der Waals surface area contributed by atoms with E-state index < -0.39 is 10.0 Å². The molecule has 0 spiro atoms. The van der Waals surface area contributed by atoms with Crippen molar-refractivity contribution in [1.82, 2.24) is 19.1 Å². The predicted molar refractivity (Wildman–Crippen MR) is 83.0 cm³/mol. The fourth-order valence-electron chi connectivity index (χ4n) is 3.32. The summed E-state index contributed by atoms with van der Waals surface area (Å²) >= 11 is 0. The van der Waals surface area contributed by atoms with Crippen LogP contribution in [-0.4, -0.2) is 34.1 Å². The molecule has 2 saturated carbocycles. The molecule has 22 heavy (non-hydrogen) atoms. The van der Waals surface area contributed by atoms with E-state index in [9.17, 15) is 13.2 Å². The summed E-state index contributed by atoms with van der Waals surface area (Å²) in [4.78, 5) is 11.8. The molecule has 124 valence electrons. The standard InChI is InChI=1S/C14H24N4O3S/c1-17-13(15-18(2)14(17)19)9-10-5-3-4-6-12(10)16-22(20,21)11-7-8-11/h10-12,16H,3-9H2,1-2H3/t10-,12-/m1/s1. The van der Waals surface area contributed by atoms with Gasteiger partial charge in [0.25, 0.3) is 0 Å². The number of aromatic nitrogens is 3. The lowest BCUT2D eigenvalue weighted by molar-refractivity contribution is 0.282. The number of sulfonamides is 1. The molecular weight excluding hydrogens is 304 g/mol. The van der Waals surface area contributed by atoms with Gasteiger partial charge in [0.15, 0.2) is 0 Å². The molecule has 2 atom stereocenters. The van der Waals surface area contributed by atoms with E-state index >= 15 is 0 Å². The fraction of sp³-hybridized carbons (Fsp3) is 0.857. The Bertz CT molecular complexity index is 702. The number of aryl methyl sites for hydroxylation is 1. The van der Waals surface area contributed by atoms with Crippen molar-refractivity contribution in [3.63, 3.8) is 0 Å². The third kappa shape index (κ3) is 3.12. The highest BCUT2D eigenvalue weighted by molar-refractivity contribution is 7.90. The van der Waals surface area contributed by atoms with Gasteiger partial charge >= 0.3 is 5.69 Å². The molecule has 0 amide bonds. The number of hydrogen-bond acceptors (Lipinski definition) is 4. The molecule has 2 fully saturated rings. The zero-order chi connectivity index (χ0) is 15.9. The number of rotatable bonds is 5. The third-order valence-electron chi connectivity index (χ3n) is 4.85. The van der Waals surface area contributed by atoms with Crippen molar-refractivity contribution >= 4 is 10.0 Å². The minimum atomic E-state index is -3.17. The second-order valence-corrected chi connectivity index (χ2v) is 8.59. The first-order valence-electron chi connectivity index (χ1n) is 7.98. The summed E-state index contributed by atoms with van der Waals surface area (Å²) in [5.41, 5.74) is -0.138. The summed E-state index contributed by atoms with van der Waals surface area (Å²) < 4.78 is 30.2. The summed E-state index contributed by atoms with van der Waals surface area (Å²) in [6.45, 7) is 0. The van der Waals surface area contributed by atoms with Gasteiger partial charge in [0.05, 0.1) is 5.25 Å². The molecule has 2 aliphatic rings. The average molecular weight is 328 g/mol. The van der Waals surface area contributed by atoms with E-state index in [0.717, 1.165) is 44.3 Å². The lowest BCUT2D eigenvalue weighted by Gasteiger charge is -2.31. The largest absolute Gasteiger partial charge is 0.345 e. The van der Waals surface area contributed by atoms with Crippen molar-refractivity contribution in [2.45, 2.75) is 56.2 Å². The lowest BCUT2D eigenvalue weighted by atomic mass is 9.83. The van der Waals surface area contributed by atoms with Crippen molar-refractivity contribution in [3.8, 4) is 0 Å². The lowest BCUT2D eigenvalue weighted by Crippen LogP contribution is -2.44. The first-order valence-corrected chi connectivity index (χ1v) is 9.53. The molecule has 2 aliphatic carbocycles. The van der Waals surface area contributed by atoms with E-state index in [0.29, 0.717) is 6.42 Å². The second kappa shape index (κ2) is 5.81. The maximum atomic E-state index is 12.2. The molecule has 8 heteroatoms. The van der Waals surface area contributed by atoms with Gasteiger partial charge in [-0.1, -0.05) is 12.8 Å². The van der Waals surface area contributed by atoms with Crippen LogP contribution in [0.25, 0.3) is 0 Å². The van der Waals surface area contributed by atoms with Crippen LogP contribution < -0.4 is 10.4 Å². The van der Waals surface area contributed by atoms with Crippen LogP contribution in [0.3, 0.4) is 0 Å². The monoisotopic (exact) mass is 328 g/mol. The quantitative estimate of drug-likeness (QED) is 0.842. The minimum Gasteiger partial charge on any atom is -0.282 e. The Kier molecular flexibility index (Phi) is 4.15. The van der Waals surface area contributed by atoms with Gasteiger partial charge in [0, 0.05) is 26.6 Å². The van der Waals surface area contributed by atoms with Crippen LogP contribution in [0, 0.1) is 5.92 Å². The molecule has 0 saturated heterocycles. The Morgan fingerprint density at radius 2 is 1.86 bits per heavy atom. The predicted octanol–water partition coefficient (Wildman–Crippen LogP) is 0.302. The number of nitrogens with one attached hydrogen (secondary N) is 1. The Balaban J connectivity index is 1.74. The first-order chi connectivity index (χ1) is 10.4. The summed E-state index contributed by atoms with van der Waals surface area (Å²) in [6, 6.07) is -0.0311. The average Bonchev–Trinajstić information content (AvgIpc) is 3.28. The first kappa shape index (κ1) is 15.7. The smallest absolute Gasteiger partial charge is 0.282 e. The SMILES string of the molecule is Cn1nc(C[C@H]2CCCC[C@H]2NS(=O)(=O)C2CC2)n(C)c1=O. The Labute approximate surface area is 130 Å². The molecule has 1 heterocycles. The van der Waals surface area contributed by atoms with E-state index in [1.807, 2.05) is 0 Å². The summed E-state index contributed by atoms with van der Waals surface area (Å²) in [5.74, 6) is 0.942. The van der Waals surface area contributed by atoms with Gasteiger partial charge in [0.1, 0.15) is 5.82 Å². The molecule has 7 nitrogen and oxygen atoms in total.